The van der Waals surface area contributed by atoms with Crippen molar-refractivity contribution in [1.82, 2.24) is 0 Å². The molecule has 0 bridgehead atoms. The number of carbonyl (C=O) groups excluding carboxylic acids is 2. The first-order chi connectivity index (χ1) is 10.2. The average Bonchev–Trinajstić information content (AvgIpc) is 2.40. The molecular formula is C17H24O5. The summed E-state index contributed by atoms with van der Waals surface area (Å²) in [4.78, 5) is 23.6. The maximum atomic E-state index is 11.8. The maximum absolute atomic E-state index is 11.8. The second-order valence-electron chi connectivity index (χ2n) is 5.93. The first-order valence-electron chi connectivity index (χ1n) is 7.44. The van der Waals surface area contributed by atoms with Crippen LogP contribution in [0.25, 0.3) is 0 Å². The van der Waals surface area contributed by atoms with E-state index in [1.165, 1.54) is 0 Å². The Morgan fingerprint density at radius 3 is 1.77 bits per heavy atom. The van der Waals surface area contributed by atoms with Crippen LogP contribution in [0.5, 0.6) is 17.2 Å². The van der Waals surface area contributed by atoms with Crippen LogP contribution in [0.15, 0.2) is 18.2 Å². The molecule has 0 saturated carbocycles. The molecule has 1 aromatic carbocycles. The van der Waals surface area contributed by atoms with Gasteiger partial charge in [-0.3, -0.25) is 9.59 Å². The fourth-order valence-electron chi connectivity index (χ4n) is 1.45. The zero-order valence-corrected chi connectivity index (χ0v) is 14.0. The van der Waals surface area contributed by atoms with Gasteiger partial charge in [0.25, 0.3) is 0 Å². The highest BCUT2D eigenvalue weighted by Gasteiger charge is 2.18. The van der Waals surface area contributed by atoms with Crippen LogP contribution in [0, 0.1) is 11.8 Å². The Morgan fingerprint density at radius 1 is 0.818 bits per heavy atom. The minimum Gasteiger partial charge on any atom is -0.491 e. The molecule has 0 radical (unpaired) electrons. The summed E-state index contributed by atoms with van der Waals surface area (Å²) >= 11 is 0. The Kier molecular flexibility index (Phi) is 6.40. The smallest absolute Gasteiger partial charge is 0.313 e. The minimum atomic E-state index is -0.399. The molecule has 0 aliphatic heterocycles. The molecule has 0 amide bonds. The summed E-state index contributed by atoms with van der Waals surface area (Å²) < 4.78 is 16.2. The van der Waals surface area contributed by atoms with Crippen LogP contribution in [0.1, 0.15) is 41.5 Å². The van der Waals surface area contributed by atoms with Gasteiger partial charge in [0.15, 0.2) is 11.5 Å². The summed E-state index contributed by atoms with van der Waals surface area (Å²) in [6.07, 6.45) is -0.0160. The molecule has 0 aliphatic rings. The molecule has 0 atom stereocenters. The van der Waals surface area contributed by atoms with E-state index in [1.54, 1.807) is 45.9 Å². The fourth-order valence-corrected chi connectivity index (χ4v) is 1.45. The van der Waals surface area contributed by atoms with Crippen LogP contribution in [-0.2, 0) is 9.59 Å². The van der Waals surface area contributed by atoms with Crippen molar-refractivity contribution in [2.24, 2.45) is 11.8 Å². The van der Waals surface area contributed by atoms with Gasteiger partial charge in [-0.1, -0.05) is 27.7 Å². The van der Waals surface area contributed by atoms with Crippen LogP contribution in [0.4, 0.5) is 0 Å². The third kappa shape index (κ3) is 5.39. The lowest BCUT2D eigenvalue weighted by Crippen LogP contribution is -2.18. The van der Waals surface area contributed by atoms with Gasteiger partial charge in [0.05, 0.1) is 17.9 Å². The normalized spacial score (nSPS) is 11.0. The number of carbonyl (C=O) groups is 2. The van der Waals surface area contributed by atoms with Gasteiger partial charge >= 0.3 is 11.9 Å². The second kappa shape index (κ2) is 7.82. The molecule has 0 heterocycles. The van der Waals surface area contributed by atoms with Gasteiger partial charge in [-0.15, -0.1) is 0 Å². The van der Waals surface area contributed by atoms with E-state index >= 15 is 0 Å². The van der Waals surface area contributed by atoms with Gasteiger partial charge in [-0.05, 0) is 26.0 Å². The number of benzene rings is 1. The highest BCUT2D eigenvalue weighted by atomic mass is 16.6. The van der Waals surface area contributed by atoms with E-state index < -0.39 is 5.97 Å². The number of ether oxygens (including phenoxy) is 3. The molecule has 0 fully saturated rings. The molecule has 0 aromatic heterocycles. The number of hydrogen-bond acceptors (Lipinski definition) is 5. The van der Waals surface area contributed by atoms with Gasteiger partial charge in [0.1, 0.15) is 5.75 Å². The molecule has 0 aliphatic carbocycles. The van der Waals surface area contributed by atoms with Gasteiger partial charge in [0, 0.05) is 6.07 Å². The van der Waals surface area contributed by atoms with E-state index in [9.17, 15) is 9.59 Å². The largest absolute Gasteiger partial charge is 0.491 e. The number of hydrogen-bond donors (Lipinski definition) is 0. The average molecular weight is 308 g/mol. The summed E-state index contributed by atoms with van der Waals surface area (Å²) in [6.45, 7) is 10.7. The summed E-state index contributed by atoms with van der Waals surface area (Å²) in [7, 11) is 0. The lowest BCUT2D eigenvalue weighted by molar-refractivity contribution is -0.140. The Bertz CT molecular complexity index is 532. The highest BCUT2D eigenvalue weighted by molar-refractivity contribution is 5.78. The molecule has 0 unspecified atom stereocenters. The van der Waals surface area contributed by atoms with Crippen LogP contribution in [0.3, 0.4) is 0 Å². The third-order valence-corrected chi connectivity index (χ3v) is 2.65. The van der Waals surface area contributed by atoms with Crippen LogP contribution in [0.2, 0.25) is 0 Å². The Balaban J connectivity index is 3.07. The summed E-state index contributed by atoms with van der Waals surface area (Å²) in [5.74, 6) is -0.410. The molecule has 1 aromatic rings. The van der Waals surface area contributed by atoms with E-state index in [2.05, 4.69) is 0 Å². The van der Waals surface area contributed by atoms with Crippen molar-refractivity contribution in [3.8, 4) is 17.2 Å². The van der Waals surface area contributed by atoms with Crippen molar-refractivity contribution in [1.29, 1.82) is 0 Å². The predicted molar refractivity (Wildman–Crippen MR) is 83.2 cm³/mol. The molecule has 1 rings (SSSR count). The Hall–Kier alpha value is -2.04. The molecule has 0 spiro atoms. The SMILES string of the molecule is CC(C)Oc1ccc(OC(=O)C(C)C)c(OC(=O)C(C)C)c1. The Morgan fingerprint density at radius 2 is 1.32 bits per heavy atom. The molecule has 22 heavy (non-hydrogen) atoms. The summed E-state index contributed by atoms with van der Waals surface area (Å²) in [6, 6.07) is 4.81. The lowest BCUT2D eigenvalue weighted by atomic mass is 10.2. The first kappa shape index (κ1) is 18.0. The van der Waals surface area contributed by atoms with Crippen LogP contribution >= 0.6 is 0 Å². The maximum Gasteiger partial charge on any atom is 0.313 e. The summed E-state index contributed by atoms with van der Waals surface area (Å²) in [5, 5.41) is 0. The quantitative estimate of drug-likeness (QED) is 0.593. The molecular weight excluding hydrogens is 284 g/mol. The van der Waals surface area contributed by atoms with Crippen molar-refractivity contribution in [3.05, 3.63) is 18.2 Å². The van der Waals surface area contributed by atoms with E-state index in [0.717, 1.165) is 0 Å². The standard InChI is InChI=1S/C17H24O5/c1-10(2)16(18)21-14-8-7-13(20-12(5)6)9-15(14)22-17(19)11(3)4/h7-12H,1-6H3. The molecule has 5 nitrogen and oxygen atoms in total. The Labute approximate surface area is 131 Å². The van der Waals surface area contributed by atoms with E-state index in [0.29, 0.717) is 5.75 Å². The number of rotatable bonds is 6. The first-order valence-corrected chi connectivity index (χ1v) is 7.44. The van der Waals surface area contributed by atoms with Crippen molar-refractivity contribution >= 4 is 11.9 Å². The number of esters is 2. The zero-order chi connectivity index (χ0) is 16.9. The minimum absolute atomic E-state index is 0.0160. The monoisotopic (exact) mass is 308 g/mol. The van der Waals surface area contributed by atoms with Gasteiger partial charge < -0.3 is 14.2 Å². The van der Waals surface area contributed by atoms with Gasteiger partial charge in [-0.2, -0.15) is 0 Å². The van der Waals surface area contributed by atoms with Crippen molar-refractivity contribution in [2.45, 2.75) is 47.6 Å². The summed E-state index contributed by atoms with van der Waals surface area (Å²) in [5.41, 5.74) is 0. The van der Waals surface area contributed by atoms with Gasteiger partial charge in [0.2, 0.25) is 0 Å². The van der Waals surface area contributed by atoms with E-state index in [4.69, 9.17) is 14.2 Å². The van der Waals surface area contributed by atoms with Crippen molar-refractivity contribution < 1.29 is 23.8 Å². The van der Waals surface area contributed by atoms with Crippen LogP contribution < -0.4 is 14.2 Å². The van der Waals surface area contributed by atoms with E-state index in [1.807, 2.05) is 13.8 Å². The van der Waals surface area contributed by atoms with E-state index in [-0.39, 0.29) is 35.4 Å². The molecule has 122 valence electrons. The lowest BCUT2D eigenvalue weighted by Gasteiger charge is -2.15. The van der Waals surface area contributed by atoms with Crippen molar-refractivity contribution in [3.63, 3.8) is 0 Å². The zero-order valence-electron chi connectivity index (χ0n) is 14.0. The molecule has 0 saturated heterocycles. The molecule has 5 heteroatoms. The topological polar surface area (TPSA) is 61.8 Å². The molecule has 0 N–H and O–H groups in total. The fraction of sp³-hybridized carbons (Fsp3) is 0.529. The predicted octanol–water partition coefficient (Wildman–Crippen LogP) is 3.60. The second-order valence-corrected chi connectivity index (χ2v) is 5.93. The van der Waals surface area contributed by atoms with Crippen LogP contribution in [-0.4, -0.2) is 18.0 Å². The van der Waals surface area contributed by atoms with Gasteiger partial charge in [-0.25, -0.2) is 0 Å². The highest BCUT2D eigenvalue weighted by Crippen LogP contribution is 2.33. The van der Waals surface area contributed by atoms with Crippen molar-refractivity contribution in [2.75, 3.05) is 0 Å². The third-order valence-electron chi connectivity index (χ3n) is 2.65.